The van der Waals surface area contributed by atoms with Gasteiger partial charge in [-0.1, -0.05) is 24.3 Å². The smallest absolute Gasteiger partial charge is 0.264 e. The number of para-hydroxylation sites is 1. The van der Waals surface area contributed by atoms with Crippen molar-refractivity contribution in [2.24, 2.45) is 0 Å². The maximum absolute atomic E-state index is 14.7. The zero-order chi connectivity index (χ0) is 21.2. The Hall–Kier alpha value is -2.44. The van der Waals surface area contributed by atoms with E-state index in [-0.39, 0.29) is 18.3 Å². The molecule has 2 saturated heterocycles. The number of fused-ring (bicyclic) bond motifs is 1. The van der Waals surface area contributed by atoms with Crippen LogP contribution in [0.2, 0.25) is 0 Å². The molecule has 0 N–H and O–H groups in total. The molecule has 4 nitrogen and oxygen atoms in total. The summed E-state index contributed by atoms with van der Waals surface area (Å²) in [5.74, 6) is 0.419. The third kappa shape index (κ3) is 4.19. The van der Waals surface area contributed by atoms with Crippen molar-refractivity contribution in [2.75, 3.05) is 26.2 Å². The molecule has 3 heterocycles. The SMILES string of the molecule is O=C(c1sc2cccc(F)c2c1COc1ccccc1)N1CCC(N2CCCC2)CC1. The first kappa shape index (κ1) is 20.5. The van der Waals surface area contributed by atoms with Gasteiger partial charge in [-0.3, -0.25) is 4.79 Å². The highest BCUT2D eigenvalue weighted by Gasteiger charge is 2.31. The molecular formula is C25H27FN2O2S. The van der Waals surface area contributed by atoms with Crippen molar-refractivity contribution in [3.8, 4) is 5.75 Å². The molecule has 0 unspecified atom stereocenters. The molecule has 162 valence electrons. The Labute approximate surface area is 186 Å². The van der Waals surface area contributed by atoms with E-state index < -0.39 is 0 Å². The van der Waals surface area contributed by atoms with Crippen LogP contribution in [-0.4, -0.2) is 47.9 Å². The van der Waals surface area contributed by atoms with E-state index in [1.165, 1.54) is 43.3 Å². The number of piperidine rings is 1. The molecular weight excluding hydrogens is 411 g/mol. The zero-order valence-electron chi connectivity index (χ0n) is 17.6. The average Bonchev–Trinajstić information content (AvgIpc) is 3.47. The second kappa shape index (κ2) is 8.97. The van der Waals surface area contributed by atoms with Gasteiger partial charge in [0, 0.05) is 34.8 Å². The van der Waals surface area contributed by atoms with Gasteiger partial charge in [0.1, 0.15) is 18.2 Å². The standard InChI is InChI=1S/C25H27FN2O2S/c26-21-9-6-10-22-23(21)20(17-30-19-7-2-1-3-8-19)24(31-22)25(29)28-15-11-18(12-16-28)27-13-4-5-14-27/h1-3,6-10,18H,4-5,11-17H2. The minimum atomic E-state index is -0.299. The lowest BCUT2D eigenvalue weighted by atomic mass is 10.0. The average molecular weight is 439 g/mol. The van der Waals surface area contributed by atoms with Crippen LogP contribution in [0.25, 0.3) is 10.1 Å². The van der Waals surface area contributed by atoms with E-state index in [2.05, 4.69) is 4.90 Å². The van der Waals surface area contributed by atoms with Crippen molar-refractivity contribution >= 4 is 27.3 Å². The van der Waals surface area contributed by atoms with Gasteiger partial charge < -0.3 is 14.5 Å². The zero-order valence-corrected chi connectivity index (χ0v) is 18.4. The molecule has 6 heteroatoms. The van der Waals surface area contributed by atoms with Crippen LogP contribution in [0.3, 0.4) is 0 Å². The number of nitrogens with zero attached hydrogens (tertiary/aromatic N) is 2. The first-order valence-electron chi connectivity index (χ1n) is 11.1. The molecule has 1 amide bonds. The van der Waals surface area contributed by atoms with E-state index in [4.69, 9.17) is 4.74 Å². The summed E-state index contributed by atoms with van der Waals surface area (Å²) in [6, 6.07) is 15.1. The topological polar surface area (TPSA) is 32.8 Å². The first-order valence-corrected chi connectivity index (χ1v) is 11.9. The van der Waals surface area contributed by atoms with Gasteiger partial charge in [0.25, 0.3) is 5.91 Å². The predicted octanol–water partition coefficient (Wildman–Crippen LogP) is 5.32. The molecule has 0 bridgehead atoms. The van der Waals surface area contributed by atoms with E-state index in [1.54, 1.807) is 6.07 Å². The fraction of sp³-hybridized carbons (Fsp3) is 0.400. The van der Waals surface area contributed by atoms with Gasteiger partial charge in [0.05, 0.1) is 4.88 Å². The summed E-state index contributed by atoms with van der Waals surface area (Å²) in [6.07, 6.45) is 4.61. The fourth-order valence-electron chi connectivity index (χ4n) is 4.83. The van der Waals surface area contributed by atoms with E-state index in [0.29, 0.717) is 27.6 Å². The molecule has 1 aromatic heterocycles. The second-order valence-electron chi connectivity index (χ2n) is 8.39. The minimum absolute atomic E-state index is 0.00661. The fourth-order valence-corrected chi connectivity index (χ4v) is 6.02. The summed E-state index contributed by atoms with van der Waals surface area (Å²) in [4.78, 5) is 18.6. The van der Waals surface area contributed by atoms with Crippen molar-refractivity contribution in [3.63, 3.8) is 0 Å². The normalized spacial score (nSPS) is 18.0. The monoisotopic (exact) mass is 438 g/mol. The molecule has 5 rings (SSSR count). The second-order valence-corrected chi connectivity index (χ2v) is 9.44. The molecule has 2 aliphatic heterocycles. The number of ether oxygens (including phenoxy) is 1. The summed E-state index contributed by atoms with van der Waals surface area (Å²) in [6.45, 7) is 4.08. The molecule has 2 fully saturated rings. The van der Waals surface area contributed by atoms with Gasteiger partial charge in [-0.05, 0) is 63.0 Å². The molecule has 0 saturated carbocycles. The molecule has 2 aliphatic rings. The van der Waals surface area contributed by atoms with E-state index >= 15 is 0 Å². The van der Waals surface area contributed by atoms with E-state index in [0.717, 1.165) is 30.6 Å². The lowest BCUT2D eigenvalue weighted by Gasteiger charge is -2.36. The maximum Gasteiger partial charge on any atom is 0.264 e. The number of halogens is 1. The lowest BCUT2D eigenvalue weighted by Crippen LogP contribution is -2.45. The van der Waals surface area contributed by atoms with E-state index in [1.807, 2.05) is 41.3 Å². The van der Waals surface area contributed by atoms with Crippen LogP contribution in [0.4, 0.5) is 4.39 Å². The van der Waals surface area contributed by atoms with Crippen molar-refractivity contribution in [1.29, 1.82) is 0 Å². The molecule has 0 radical (unpaired) electrons. The Balaban J connectivity index is 1.38. The Morgan fingerprint density at radius 1 is 1.00 bits per heavy atom. The Morgan fingerprint density at radius 2 is 1.74 bits per heavy atom. The largest absolute Gasteiger partial charge is 0.489 e. The number of rotatable bonds is 5. The Morgan fingerprint density at radius 3 is 2.48 bits per heavy atom. The summed E-state index contributed by atoms with van der Waals surface area (Å²) >= 11 is 1.38. The van der Waals surface area contributed by atoms with Gasteiger partial charge in [-0.15, -0.1) is 11.3 Å². The molecule has 31 heavy (non-hydrogen) atoms. The van der Waals surface area contributed by atoms with Crippen LogP contribution >= 0.6 is 11.3 Å². The van der Waals surface area contributed by atoms with Crippen LogP contribution in [0, 0.1) is 5.82 Å². The van der Waals surface area contributed by atoms with Crippen LogP contribution in [-0.2, 0) is 6.61 Å². The van der Waals surface area contributed by atoms with Crippen LogP contribution < -0.4 is 4.74 Å². The third-order valence-electron chi connectivity index (χ3n) is 6.49. The number of thiophene rings is 1. The molecule has 3 aromatic rings. The molecule has 0 spiro atoms. The van der Waals surface area contributed by atoms with Crippen LogP contribution in [0.1, 0.15) is 40.9 Å². The Bertz CT molecular complexity index is 1050. The summed E-state index contributed by atoms with van der Waals surface area (Å²) in [5.41, 5.74) is 0.661. The van der Waals surface area contributed by atoms with Gasteiger partial charge in [-0.25, -0.2) is 4.39 Å². The number of carbonyl (C=O) groups excluding carboxylic acids is 1. The van der Waals surface area contributed by atoms with Gasteiger partial charge in [0.2, 0.25) is 0 Å². The van der Waals surface area contributed by atoms with Gasteiger partial charge >= 0.3 is 0 Å². The van der Waals surface area contributed by atoms with Crippen LogP contribution in [0.5, 0.6) is 5.75 Å². The molecule has 0 atom stereocenters. The van der Waals surface area contributed by atoms with Crippen molar-refractivity contribution in [2.45, 2.75) is 38.3 Å². The molecule has 0 aliphatic carbocycles. The van der Waals surface area contributed by atoms with Gasteiger partial charge in [0.15, 0.2) is 0 Å². The highest BCUT2D eigenvalue weighted by molar-refractivity contribution is 7.21. The van der Waals surface area contributed by atoms with Gasteiger partial charge in [-0.2, -0.15) is 0 Å². The summed E-state index contributed by atoms with van der Waals surface area (Å²) in [5, 5.41) is 0.513. The van der Waals surface area contributed by atoms with Crippen molar-refractivity contribution in [1.82, 2.24) is 9.80 Å². The highest BCUT2D eigenvalue weighted by Crippen LogP contribution is 2.35. The quantitative estimate of drug-likeness (QED) is 0.541. The number of carbonyl (C=O) groups is 1. The summed E-state index contributed by atoms with van der Waals surface area (Å²) < 4.78 is 21.5. The summed E-state index contributed by atoms with van der Waals surface area (Å²) in [7, 11) is 0. The number of amides is 1. The number of benzene rings is 2. The van der Waals surface area contributed by atoms with Crippen LogP contribution in [0.15, 0.2) is 48.5 Å². The van der Waals surface area contributed by atoms with Crippen molar-refractivity contribution < 1.29 is 13.9 Å². The predicted molar refractivity (Wildman–Crippen MR) is 122 cm³/mol. The first-order chi connectivity index (χ1) is 15.2. The Kier molecular flexibility index (Phi) is 5.92. The number of hydrogen-bond donors (Lipinski definition) is 0. The lowest BCUT2D eigenvalue weighted by molar-refractivity contribution is 0.0647. The minimum Gasteiger partial charge on any atom is -0.489 e. The third-order valence-corrected chi connectivity index (χ3v) is 7.68. The number of hydrogen-bond acceptors (Lipinski definition) is 4. The number of likely N-dealkylation sites (tertiary alicyclic amines) is 2. The molecule has 2 aromatic carbocycles. The highest BCUT2D eigenvalue weighted by atomic mass is 32.1. The van der Waals surface area contributed by atoms with E-state index in [9.17, 15) is 9.18 Å². The maximum atomic E-state index is 14.7. The van der Waals surface area contributed by atoms with Crippen molar-refractivity contribution in [3.05, 3.63) is 64.8 Å².